The maximum atomic E-state index is 6.06. The molecule has 22 heavy (non-hydrogen) atoms. The summed E-state index contributed by atoms with van der Waals surface area (Å²) in [4.78, 5) is 3.58. The van der Waals surface area contributed by atoms with Gasteiger partial charge in [-0.2, -0.15) is 4.58 Å². The van der Waals surface area contributed by atoms with Crippen LogP contribution in [0.25, 0.3) is 0 Å². The molecule has 3 nitrogen and oxygen atoms in total. The van der Waals surface area contributed by atoms with Crippen molar-refractivity contribution >= 4 is 35.2 Å². The summed E-state index contributed by atoms with van der Waals surface area (Å²) in [5, 5.41) is 1.25. The summed E-state index contributed by atoms with van der Waals surface area (Å²) in [6.45, 7) is 4.40. The number of thiocarbonyl (C=S) groups is 1. The minimum absolute atomic E-state index is 0.136. The first-order chi connectivity index (χ1) is 10.7. The van der Waals surface area contributed by atoms with Crippen molar-refractivity contribution in [2.24, 2.45) is 5.92 Å². The lowest BCUT2D eigenvalue weighted by Gasteiger charge is -2.25. The summed E-state index contributed by atoms with van der Waals surface area (Å²) in [6, 6.07) is 10.1. The monoisotopic (exact) mass is 333 g/mol. The van der Waals surface area contributed by atoms with Gasteiger partial charge in [-0.25, -0.2) is 0 Å². The van der Waals surface area contributed by atoms with E-state index in [-0.39, 0.29) is 6.23 Å². The van der Waals surface area contributed by atoms with E-state index >= 15 is 0 Å². The fraction of sp³-hybridized carbons (Fsp3) is 0.529. The van der Waals surface area contributed by atoms with E-state index in [2.05, 4.69) is 34.4 Å². The highest BCUT2D eigenvalue weighted by atomic mass is 32.2. The molecule has 2 fully saturated rings. The topological polar surface area (TPSA) is 15.5 Å². The van der Waals surface area contributed by atoms with Crippen LogP contribution >= 0.6 is 24.0 Å². The van der Waals surface area contributed by atoms with Crippen molar-refractivity contribution < 1.29 is 9.31 Å². The third kappa shape index (κ3) is 2.70. The van der Waals surface area contributed by atoms with E-state index in [0.717, 1.165) is 36.2 Å². The Hall–Kier alpha value is -0.910. The van der Waals surface area contributed by atoms with Crippen LogP contribution < -0.4 is 4.74 Å². The Morgan fingerprint density at radius 1 is 1.36 bits per heavy atom. The van der Waals surface area contributed by atoms with Gasteiger partial charge in [-0.15, -0.1) is 0 Å². The minimum Gasteiger partial charge on any atom is -0.475 e. The van der Waals surface area contributed by atoms with Crippen molar-refractivity contribution in [3.05, 3.63) is 30.3 Å². The predicted molar refractivity (Wildman–Crippen MR) is 94.9 cm³/mol. The third-order valence-electron chi connectivity index (χ3n) is 4.85. The third-order valence-corrected chi connectivity index (χ3v) is 6.76. The highest BCUT2D eigenvalue weighted by molar-refractivity contribution is 8.01. The van der Waals surface area contributed by atoms with Crippen LogP contribution in [0.2, 0.25) is 0 Å². The van der Waals surface area contributed by atoms with E-state index in [1.807, 2.05) is 30.3 Å². The number of thioether (sulfide) groups is 1. The molecular formula is C17H21N2OS2+. The largest absolute Gasteiger partial charge is 0.475 e. The normalized spacial score (nSPS) is 32.3. The summed E-state index contributed by atoms with van der Waals surface area (Å²) in [7, 11) is 0. The molecule has 0 aromatic heterocycles. The number of benzene rings is 1. The van der Waals surface area contributed by atoms with E-state index < -0.39 is 0 Å². The Morgan fingerprint density at radius 3 is 2.91 bits per heavy atom. The van der Waals surface area contributed by atoms with E-state index in [0.29, 0.717) is 10.6 Å². The fourth-order valence-electron chi connectivity index (χ4n) is 3.49. The van der Waals surface area contributed by atoms with Crippen molar-refractivity contribution in [2.75, 3.05) is 13.1 Å². The van der Waals surface area contributed by atoms with Gasteiger partial charge < -0.3 is 4.74 Å². The zero-order valence-corrected chi connectivity index (χ0v) is 14.4. The van der Waals surface area contributed by atoms with Gasteiger partial charge in [0, 0.05) is 13.1 Å². The lowest BCUT2D eigenvalue weighted by Crippen LogP contribution is -2.39. The maximum absolute atomic E-state index is 6.06. The second-order valence-electron chi connectivity index (χ2n) is 6.28. The smallest absolute Gasteiger partial charge is 0.255 e. The number of ether oxygens (including phenoxy) is 1. The average molecular weight is 334 g/mol. The van der Waals surface area contributed by atoms with Crippen LogP contribution in [-0.2, 0) is 0 Å². The van der Waals surface area contributed by atoms with Crippen molar-refractivity contribution in [1.82, 2.24) is 4.90 Å². The number of hydrogen-bond donors (Lipinski definition) is 0. The zero-order chi connectivity index (χ0) is 15.1. The lowest BCUT2D eigenvalue weighted by atomic mass is 10.1. The molecule has 3 aliphatic rings. The molecule has 3 unspecified atom stereocenters. The van der Waals surface area contributed by atoms with Gasteiger partial charge in [-0.05, 0) is 43.6 Å². The van der Waals surface area contributed by atoms with E-state index in [1.54, 1.807) is 0 Å². The summed E-state index contributed by atoms with van der Waals surface area (Å²) < 4.78 is 8.36. The van der Waals surface area contributed by atoms with Gasteiger partial charge in [0.25, 0.3) is 4.99 Å². The summed E-state index contributed by atoms with van der Waals surface area (Å²) in [5.74, 6) is 1.68. The zero-order valence-electron chi connectivity index (χ0n) is 12.7. The molecule has 1 aromatic rings. The molecule has 3 heterocycles. The molecule has 0 radical (unpaired) electrons. The molecule has 4 rings (SSSR count). The van der Waals surface area contributed by atoms with Crippen LogP contribution in [0.5, 0.6) is 5.75 Å². The highest BCUT2D eigenvalue weighted by Gasteiger charge is 2.49. The first kappa shape index (κ1) is 14.7. The SMILES string of the molecule is CC(Oc1ccccc1)N1CCC(C2C=[N+]3C(=S)C[C@@H]3S2)C1. The molecule has 0 aliphatic carbocycles. The molecule has 4 atom stereocenters. The van der Waals surface area contributed by atoms with Crippen molar-refractivity contribution in [3.63, 3.8) is 0 Å². The highest BCUT2D eigenvalue weighted by Crippen LogP contribution is 2.40. The number of para-hydroxylation sites is 1. The van der Waals surface area contributed by atoms with Crippen molar-refractivity contribution in [3.8, 4) is 5.75 Å². The Kier molecular flexibility index (Phi) is 3.96. The molecular weight excluding hydrogens is 312 g/mol. The van der Waals surface area contributed by atoms with Gasteiger partial charge in [0.1, 0.15) is 18.4 Å². The number of hydrogen-bond acceptors (Lipinski definition) is 4. The molecule has 0 bridgehead atoms. The standard InChI is InChI=1S/C17H21N2OS2/c1-12(20-14-5-3-2-4-6-14)18-8-7-13(10-18)15-11-19-16(21)9-17(19)22-15/h2-6,11-13,15,17H,7-10H2,1H3/q+1/t12?,13?,15?,17-/m0/s1. The Labute approximate surface area is 141 Å². The van der Waals surface area contributed by atoms with Crippen molar-refractivity contribution in [1.29, 1.82) is 0 Å². The maximum Gasteiger partial charge on any atom is 0.255 e. The quantitative estimate of drug-likeness (QED) is 0.621. The van der Waals surface area contributed by atoms with Crippen LogP contribution in [0.15, 0.2) is 30.3 Å². The molecule has 116 valence electrons. The molecule has 5 heteroatoms. The van der Waals surface area contributed by atoms with Gasteiger partial charge >= 0.3 is 0 Å². The summed E-state index contributed by atoms with van der Waals surface area (Å²) >= 11 is 7.43. The van der Waals surface area contributed by atoms with E-state index in [1.165, 1.54) is 6.42 Å². The Morgan fingerprint density at radius 2 is 2.18 bits per heavy atom. The second-order valence-corrected chi connectivity index (χ2v) is 8.12. The Bertz CT molecular complexity index is 604. The lowest BCUT2D eigenvalue weighted by molar-refractivity contribution is -0.453. The van der Waals surface area contributed by atoms with Crippen LogP contribution in [0.3, 0.4) is 0 Å². The van der Waals surface area contributed by atoms with Crippen LogP contribution in [0.4, 0.5) is 0 Å². The van der Waals surface area contributed by atoms with Crippen LogP contribution in [0, 0.1) is 5.92 Å². The molecule has 1 aromatic carbocycles. The summed E-state index contributed by atoms with van der Waals surface area (Å²) in [5.41, 5.74) is 0. The van der Waals surface area contributed by atoms with Crippen LogP contribution in [0.1, 0.15) is 19.8 Å². The fourth-order valence-corrected chi connectivity index (χ4v) is 5.60. The van der Waals surface area contributed by atoms with Gasteiger partial charge in [0.05, 0.1) is 5.25 Å². The molecule has 3 aliphatic heterocycles. The number of rotatable bonds is 4. The van der Waals surface area contributed by atoms with E-state index in [4.69, 9.17) is 17.0 Å². The summed E-state index contributed by atoms with van der Waals surface area (Å²) in [6.07, 6.45) is 4.86. The molecule has 0 N–H and O–H groups in total. The van der Waals surface area contributed by atoms with Gasteiger partial charge in [-0.3, -0.25) is 4.90 Å². The van der Waals surface area contributed by atoms with Crippen molar-refractivity contribution in [2.45, 2.75) is 36.6 Å². The van der Waals surface area contributed by atoms with Gasteiger partial charge in [0.2, 0.25) is 5.37 Å². The molecule has 0 amide bonds. The number of likely N-dealkylation sites (tertiary alicyclic amines) is 1. The predicted octanol–water partition coefficient (Wildman–Crippen LogP) is 2.99. The molecule has 0 spiro atoms. The first-order valence-electron chi connectivity index (χ1n) is 7.98. The molecule has 2 saturated heterocycles. The Balaban J connectivity index is 1.34. The van der Waals surface area contributed by atoms with Gasteiger partial charge in [-0.1, -0.05) is 30.0 Å². The second kappa shape index (κ2) is 5.95. The van der Waals surface area contributed by atoms with Gasteiger partial charge in [0.15, 0.2) is 6.21 Å². The van der Waals surface area contributed by atoms with Crippen LogP contribution in [-0.4, -0.2) is 50.6 Å². The average Bonchev–Trinajstić information content (AvgIpc) is 3.12. The molecule has 0 saturated carbocycles. The minimum atomic E-state index is 0.136. The first-order valence-corrected chi connectivity index (χ1v) is 9.33. The number of fused-ring (bicyclic) bond motifs is 1. The number of nitrogens with zero attached hydrogens (tertiary/aromatic N) is 2. The van der Waals surface area contributed by atoms with E-state index in [9.17, 15) is 0 Å².